The van der Waals surface area contributed by atoms with Gasteiger partial charge in [-0.05, 0) is 13.8 Å². The van der Waals surface area contributed by atoms with Crippen molar-refractivity contribution in [3.63, 3.8) is 0 Å². The summed E-state index contributed by atoms with van der Waals surface area (Å²) >= 11 is 0. The third kappa shape index (κ3) is 5.64. The van der Waals surface area contributed by atoms with Crippen LogP contribution in [-0.2, 0) is 11.3 Å². The molecule has 0 spiro atoms. The molecule has 0 unspecified atom stereocenters. The second-order valence-corrected chi connectivity index (χ2v) is 4.46. The average Bonchev–Trinajstić information content (AvgIpc) is 2.34. The second-order valence-electron chi connectivity index (χ2n) is 4.46. The van der Waals surface area contributed by atoms with Gasteiger partial charge in [-0.25, -0.2) is 0 Å². The molecule has 1 rings (SSSR count). The first kappa shape index (κ1) is 17.3. The molecule has 1 aromatic rings. The van der Waals surface area contributed by atoms with E-state index in [1.807, 2.05) is 0 Å². The minimum atomic E-state index is -4.34. The lowest BCUT2D eigenvalue weighted by molar-refractivity contribution is -0.386. The summed E-state index contributed by atoms with van der Waals surface area (Å²) in [5.74, 6) is 0. The Labute approximate surface area is 119 Å². The zero-order valence-corrected chi connectivity index (χ0v) is 11.7. The Balaban J connectivity index is 2.46. The maximum atomic E-state index is 11.8. The van der Waals surface area contributed by atoms with Crippen molar-refractivity contribution in [3.8, 4) is 0 Å². The van der Waals surface area contributed by atoms with E-state index in [-0.39, 0.29) is 25.4 Å². The van der Waals surface area contributed by atoms with Crippen LogP contribution in [0.25, 0.3) is 0 Å². The Hall–Kier alpha value is -1.74. The average molecular weight is 307 g/mol. The fraction of sp³-hybridized carbons (Fsp3) is 0.583. The quantitative estimate of drug-likeness (QED) is 0.475. The van der Waals surface area contributed by atoms with Gasteiger partial charge in [0.25, 0.3) is 5.69 Å². The van der Waals surface area contributed by atoms with E-state index in [1.54, 1.807) is 13.8 Å². The van der Waals surface area contributed by atoms with E-state index in [4.69, 9.17) is 0 Å². The zero-order chi connectivity index (χ0) is 16.0. The van der Waals surface area contributed by atoms with Gasteiger partial charge in [0.15, 0.2) is 0 Å². The summed E-state index contributed by atoms with van der Waals surface area (Å²) in [7, 11) is 0. The molecule has 0 aliphatic rings. The van der Waals surface area contributed by atoms with Gasteiger partial charge >= 0.3 is 6.18 Å². The molecule has 1 heterocycles. The number of rotatable bonds is 7. The van der Waals surface area contributed by atoms with Crippen molar-refractivity contribution in [1.29, 1.82) is 0 Å². The maximum absolute atomic E-state index is 11.8. The zero-order valence-electron chi connectivity index (χ0n) is 11.7. The summed E-state index contributed by atoms with van der Waals surface area (Å²) in [6.45, 7) is 2.21. The van der Waals surface area contributed by atoms with Crippen LogP contribution in [0.15, 0.2) is 6.20 Å². The first-order valence-electron chi connectivity index (χ1n) is 6.17. The van der Waals surface area contributed by atoms with Crippen LogP contribution in [0.2, 0.25) is 0 Å². The summed E-state index contributed by atoms with van der Waals surface area (Å²) in [6.07, 6.45) is -2.93. The van der Waals surface area contributed by atoms with Gasteiger partial charge in [-0.2, -0.15) is 13.2 Å². The molecule has 9 heteroatoms. The van der Waals surface area contributed by atoms with E-state index in [0.29, 0.717) is 16.8 Å². The molecule has 0 atom stereocenters. The number of aromatic nitrogens is 1. The number of nitrogens with one attached hydrogen (secondary N) is 1. The van der Waals surface area contributed by atoms with Crippen molar-refractivity contribution in [2.75, 3.05) is 19.8 Å². The number of nitro groups is 1. The predicted molar refractivity (Wildman–Crippen MR) is 68.9 cm³/mol. The molecule has 6 nitrogen and oxygen atoms in total. The molecule has 0 fully saturated rings. The van der Waals surface area contributed by atoms with E-state index in [9.17, 15) is 23.3 Å². The Morgan fingerprint density at radius 1 is 1.43 bits per heavy atom. The van der Waals surface area contributed by atoms with Crippen molar-refractivity contribution in [2.24, 2.45) is 0 Å². The lowest BCUT2D eigenvalue weighted by atomic mass is 10.1. The first-order chi connectivity index (χ1) is 9.72. The Kier molecular flexibility index (Phi) is 6.03. The molecule has 0 bridgehead atoms. The van der Waals surface area contributed by atoms with Gasteiger partial charge in [0.2, 0.25) is 0 Å². The summed E-state index contributed by atoms with van der Waals surface area (Å²) in [6, 6.07) is 0. The Morgan fingerprint density at radius 2 is 2.10 bits per heavy atom. The SMILES string of the molecule is Cc1cnc(CNCCOCC(F)(F)F)c(C)c1[N+](=O)[O-]. The Morgan fingerprint density at radius 3 is 2.67 bits per heavy atom. The number of halogens is 3. The number of pyridine rings is 1. The monoisotopic (exact) mass is 307 g/mol. The second kappa shape index (κ2) is 7.32. The molecule has 0 radical (unpaired) electrons. The number of nitrogens with zero attached hydrogens (tertiary/aromatic N) is 2. The van der Waals surface area contributed by atoms with Gasteiger partial charge in [-0.15, -0.1) is 0 Å². The standard InChI is InChI=1S/C12H16F3N3O3/c1-8-5-17-10(9(2)11(8)18(19)20)6-16-3-4-21-7-12(13,14)15/h5,16H,3-4,6-7H2,1-2H3. The largest absolute Gasteiger partial charge is 0.411 e. The van der Waals surface area contributed by atoms with Crippen LogP contribution in [0.1, 0.15) is 16.8 Å². The highest BCUT2D eigenvalue weighted by molar-refractivity contribution is 5.47. The fourth-order valence-corrected chi connectivity index (χ4v) is 1.76. The molecule has 0 aliphatic heterocycles. The van der Waals surface area contributed by atoms with Crippen molar-refractivity contribution in [3.05, 3.63) is 33.1 Å². The number of ether oxygens (including phenoxy) is 1. The van der Waals surface area contributed by atoms with Gasteiger partial charge < -0.3 is 10.1 Å². The van der Waals surface area contributed by atoms with Crippen LogP contribution in [0.5, 0.6) is 0 Å². The highest BCUT2D eigenvalue weighted by Gasteiger charge is 2.27. The summed E-state index contributed by atoms with van der Waals surface area (Å²) in [5.41, 5.74) is 1.41. The van der Waals surface area contributed by atoms with Crippen LogP contribution >= 0.6 is 0 Å². The molecule has 0 saturated carbocycles. The van der Waals surface area contributed by atoms with Crippen LogP contribution in [0.4, 0.5) is 18.9 Å². The molecular formula is C12H16F3N3O3. The molecule has 0 aromatic carbocycles. The minimum Gasteiger partial charge on any atom is -0.371 e. The van der Waals surface area contributed by atoms with E-state index in [1.165, 1.54) is 6.20 Å². The molecule has 118 valence electrons. The van der Waals surface area contributed by atoms with Crippen molar-refractivity contribution >= 4 is 5.69 Å². The Bertz CT molecular complexity index is 507. The molecule has 0 saturated heterocycles. The van der Waals surface area contributed by atoms with Crippen LogP contribution in [0, 0.1) is 24.0 Å². The molecule has 0 amide bonds. The van der Waals surface area contributed by atoms with Gasteiger partial charge in [0.05, 0.1) is 17.2 Å². The highest BCUT2D eigenvalue weighted by Crippen LogP contribution is 2.23. The minimum absolute atomic E-state index is 0.00937. The molecular weight excluding hydrogens is 291 g/mol. The van der Waals surface area contributed by atoms with Crippen molar-refractivity contribution < 1.29 is 22.8 Å². The van der Waals surface area contributed by atoms with E-state index in [0.717, 1.165) is 0 Å². The fourth-order valence-electron chi connectivity index (χ4n) is 1.76. The summed E-state index contributed by atoms with van der Waals surface area (Å²) < 4.78 is 39.9. The molecule has 1 aromatic heterocycles. The third-order valence-electron chi connectivity index (χ3n) is 2.74. The van der Waals surface area contributed by atoms with Crippen LogP contribution in [0.3, 0.4) is 0 Å². The topological polar surface area (TPSA) is 77.3 Å². The van der Waals surface area contributed by atoms with Gasteiger partial charge in [-0.3, -0.25) is 15.1 Å². The van der Waals surface area contributed by atoms with Crippen LogP contribution in [-0.4, -0.2) is 35.8 Å². The van der Waals surface area contributed by atoms with Gasteiger partial charge in [-0.1, -0.05) is 0 Å². The van der Waals surface area contributed by atoms with Gasteiger partial charge in [0.1, 0.15) is 6.61 Å². The van der Waals surface area contributed by atoms with Gasteiger partial charge in [0, 0.05) is 30.4 Å². The molecule has 1 N–H and O–H groups in total. The number of alkyl halides is 3. The van der Waals surface area contributed by atoms with Crippen molar-refractivity contribution in [1.82, 2.24) is 10.3 Å². The van der Waals surface area contributed by atoms with E-state index < -0.39 is 17.7 Å². The highest BCUT2D eigenvalue weighted by atomic mass is 19.4. The number of aryl methyl sites for hydroxylation is 1. The lowest BCUT2D eigenvalue weighted by Crippen LogP contribution is -2.24. The smallest absolute Gasteiger partial charge is 0.371 e. The van der Waals surface area contributed by atoms with Crippen LogP contribution < -0.4 is 5.32 Å². The normalized spacial score (nSPS) is 11.7. The van der Waals surface area contributed by atoms with E-state index >= 15 is 0 Å². The van der Waals surface area contributed by atoms with E-state index in [2.05, 4.69) is 15.0 Å². The third-order valence-corrected chi connectivity index (χ3v) is 2.74. The lowest BCUT2D eigenvalue weighted by Gasteiger charge is -2.10. The van der Waals surface area contributed by atoms with Crippen molar-refractivity contribution in [2.45, 2.75) is 26.6 Å². The predicted octanol–water partition coefficient (Wildman–Crippen LogP) is 2.28. The first-order valence-corrected chi connectivity index (χ1v) is 6.17. The molecule has 0 aliphatic carbocycles. The summed E-state index contributed by atoms with van der Waals surface area (Å²) in [4.78, 5) is 14.6. The number of hydrogen-bond acceptors (Lipinski definition) is 5. The maximum Gasteiger partial charge on any atom is 0.411 e. The number of hydrogen-bond donors (Lipinski definition) is 1. The summed E-state index contributed by atoms with van der Waals surface area (Å²) in [5, 5.41) is 13.8. The molecule has 21 heavy (non-hydrogen) atoms.